The van der Waals surface area contributed by atoms with Crippen molar-refractivity contribution in [1.29, 1.82) is 0 Å². The first-order valence-electron chi connectivity index (χ1n) is 7.92. The van der Waals surface area contributed by atoms with Gasteiger partial charge in [0.15, 0.2) is 0 Å². The van der Waals surface area contributed by atoms with E-state index in [9.17, 15) is 14.0 Å². The monoisotopic (exact) mass is 327 g/mol. The fourth-order valence-electron chi connectivity index (χ4n) is 3.16. The summed E-state index contributed by atoms with van der Waals surface area (Å²) in [5.41, 5.74) is 1.52. The van der Waals surface area contributed by atoms with Gasteiger partial charge in [0.1, 0.15) is 5.82 Å². The molecule has 1 atom stereocenters. The summed E-state index contributed by atoms with van der Waals surface area (Å²) in [6, 6.07) is 12.6. The van der Waals surface area contributed by atoms with Gasteiger partial charge in [-0.1, -0.05) is 18.2 Å². The van der Waals surface area contributed by atoms with Gasteiger partial charge in [-0.2, -0.15) is 0 Å². The van der Waals surface area contributed by atoms with Gasteiger partial charge in [0, 0.05) is 24.6 Å². The molecule has 1 amide bonds. The number of carboxylic acid groups (broad SMARTS) is 1. The van der Waals surface area contributed by atoms with E-state index >= 15 is 0 Å². The molecule has 2 aromatic rings. The Bertz CT molecular complexity index is 775. The number of nitrogens with zero attached hydrogens (tertiary/aromatic N) is 1. The van der Waals surface area contributed by atoms with E-state index in [2.05, 4.69) is 0 Å². The van der Waals surface area contributed by atoms with Crippen molar-refractivity contribution in [1.82, 2.24) is 4.90 Å². The molecule has 1 aliphatic heterocycles. The summed E-state index contributed by atoms with van der Waals surface area (Å²) >= 11 is 0. The van der Waals surface area contributed by atoms with Gasteiger partial charge in [-0.25, -0.2) is 9.18 Å². The van der Waals surface area contributed by atoms with E-state index in [0.29, 0.717) is 18.7 Å². The zero-order valence-corrected chi connectivity index (χ0v) is 13.1. The standard InChI is InChI=1S/C19H18FNO3/c20-17-8-2-5-14(11-17)18(22)21-9-3-7-16(12-21)13-4-1-6-15(10-13)19(23)24/h1-2,4-6,8,10-11,16H,3,7,9,12H2,(H,23,24)/t16-/m0/s1. The molecule has 1 aliphatic rings. The molecule has 0 bridgehead atoms. The largest absolute Gasteiger partial charge is 0.478 e. The third-order valence-corrected chi connectivity index (χ3v) is 4.39. The Morgan fingerprint density at radius 2 is 1.83 bits per heavy atom. The number of carboxylic acids is 1. The normalized spacial score (nSPS) is 17.5. The van der Waals surface area contributed by atoms with Crippen LogP contribution in [0.25, 0.3) is 0 Å². The maximum Gasteiger partial charge on any atom is 0.335 e. The van der Waals surface area contributed by atoms with Crippen LogP contribution in [0.1, 0.15) is 45.0 Å². The Kier molecular flexibility index (Phi) is 4.60. The first-order chi connectivity index (χ1) is 11.5. The third-order valence-electron chi connectivity index (χ3n) is 4.39. The Morgan fingerprint density at radius 1 is 1.08 bits per heavy atom. The maximum atomic E-state index is 13.3. The molecule has 1 N–H and O–H groups in total. The van der Waals surface area contributed by atoms with Crippen molar-refractivity contribution >= 4 is 11.9 Å². The highest BCUT2D eigenvalue weighted by atomic mass is 19.1. The molecule has 0 unspecified atom stereocenters. The van der Waals surface area contributed by atoms with E-state index in [1.807, 2.05) is 6.07 Å². The number of carbonyl (C=O) groups excluding carboxylic acids is 1. The molecule has 4 nitrogen and oxygen atoms in total. The number of hydrogen-bond acceptors (Lipinski definition) is 2. The maximum absolute atomic E-state index is 13.3. The van der Waals surface area contributed by atoms with Crippen molar-refractivity contribution in [2.75, 3.05) is 13.1 Å². The summed E-state index contributed by atoms with van der Waals surface area (Å²) in [7, 11) is 0. The highest BCUT2D eigenvalue weighted by Gasteiger charge is 2.26. The van der Waals surface area contributed by atoms with Crippen LogP contribution >= 0.6 is 0 Å². The summed E-state index contributed by atoms with van der Waals surface area (Å²) in [4.78, 5) is 25.4. The fraction of sp³-hybridized carbons (Fsp3) is 0.263. The lowest BCUT2D eigenvalue weighted by Crippen LogP contribution is -2.39. The SMILES string of the molecule is O=C(O)c1cccc([C@H]2CCCN(C(=O)c3cccc(F)c3)C2)c1. The highest BCUT2D eigenvalue weighted by Crippen LogP contribution is 2.28. The molecular formula is C19H18FNO3. The van der Waals surface area contributed by atoms with E-state index in [4.69, 9.17) is 5.11 Å². The topological polar surface area (TPSA) is 57.6 Å². The lowest BCUT2D eigenvalue weighted by Gasteiger charge is -2.33. The zero-order valence-electron chi connectivity index (χ0n) is 13.1. The Morgan fingerprint density at radius 3 is 2.58 bits per heavy atom. The number of benzene rings is 2. The molecule has 0 aromatic heterocycles. The van der Waals surface area contributed by atoms with Crippen LogP contribution in [0, 0.1) is 5.82 Å². The number of carbonyl (C=O) groups is 2. The minimum Gasteiger partial charge on any atom is -0.478 e. The number of halogens is 1. The quantitative estimate of drug-likeness (QED) is 0.938. The van der Waals surface area contributed by atoms with E-state index in [1.165, 1.54) is 18.2 Å². The van der Waals surface area contributed by atoms with E-state index in [1.54, 1.807) is 29.2 Å². The van der Waals surface area contributed by atoms with Crippen molar-refractivity contribution in [2.24, 2.45) is 0 Å². The summed E-state index contributed by atoms with van der Waals surface area (Å²) in [6.07, 6.45) is 1.74. The molecule has 0 radical (unpaired) electrons. The molecule has 0 aliphatic carbocycles. The second kappa shape index (κ2) is 6.83. The lowest BCUT2D eigenvalue weighted by atomic mass is 9.89. The van der Waals surface area contributed by atoms with Crippen LogP contribution in [0.4, 0.5) is 4.39 Å². The Balaban J connectivity index is 1.78. The van der Waals surface area contributed by atoms with Crippen LogP contribution in [0.3, 0.4) is 0 Å². The molecule has 3 rings (SSSR count). The molecule has 1 saturated heterocycles. The average molecular weight is 327 g/mol. The summed E-state index contributed by atoms with van der Waals surface area (Å²) in [5, 5.41) is 9.12. The minimum atomic E-state index is -0.958. The zero-order chi connectivity index (χ0) is 17.1. The Labute approximate surface area is 139 Å². The number of aromatic carboxylic acids is 1. The molecule has 1 heterocycles. The summed E-state index contributed by atoms with van der Waals surface area (Å²) < 4.78 is 13.3. The van der Waals surface area contributed by atoms with E-state index < -0.39 is 11.8 Å². The average Bonchev–Trinajstić information content (AvgIpc) is 2.61. The van der Waals surface area contributed by atoms with Crippen molar-refractivity contribution < 1.29 is 19.1 Å². The summed E-state index contributed by atoms with van der Waals surface area (Å²) in [5.74, 6) is -1.48. The molecule has 5 heteroatoms. The van der Waals surface area contributed by atoms with Crippen LogP contribution < -0.4 is 0 Å². The fourth-order valence-corrected chi connectivity index (χ4v) is 3.16. The van der Waals surface area contributed by atoms with Crippen LogP contribution in [-0.2, 0) is 0 Å². The second-order valence-corrected chi connectivity index (χ2v) is 6.03. The van der Waals surface area contributed by atoms with Crippen LogP contribution in [0.15, 0.2) is 48.5 Å². The first-order valence-corrected chi connectivity index (χ1v) is 7.92. The number of likely N-dealkylation sites (tertiary alicyclic amines) is 1. The molecule has 0 saturated carbocycles. The first kappa shape index (κ1) is 16.2. The minimum absolute atomic E-state index is 0.0931. The van der Waals surface area contributed by atoms with Gasteiger partial charge < -0.3 is 10.0 Å². The van der Waals surface area contributed by atoms with Gasteiger partial charge in [-0.3, -0.25) is 4.79 Å². The predicted molar refractivity (Wildman–Crippen MR) is 87.7 cm³/mol. The van der Waals surface area contributed by atoms with E-state index in [-0.39, 0.29) is 17.4 Å². The molecule has 124 valence electrons. The van der Waals surface area contributed by atoms with Crippen molar-refractivity contribution in [3.05, 3.63) is 71.0 Å². The second-order valence-electron chi connectivity index (χ2n) is 6.03. The summed E-state index contributed by atoms with van der Waals surface area (Å²) in [6.45, 7) is 1.14. The third kappa shape index (κ3) is 3.45. The van der Waals surface area contributed by atoms with Crippen molar-refractivity contribution in [3.63, 3.8) is 0 Å². The van der Waals surface area contributed by atoms with Crippen LogP contribution in [0.2, 0.25) is 0 Å². The highest BCUT2D eigenvalue weighted by molar-refractivity contribution is 5.94. The molecular weight excluding hydrogens is 309 g/mol. The van der Waals surface area contributed by atoms with Gasteiger partial charge >= 0.3 is 5.97 Å². The molecule has 2 aromatic carbocycles. The predicted octanol–water partition coefficient (Wildman–Crippen LogP) is 3.54. The van der Waals surface area contributed by atoms with Gasteiger partial charge in [0.25, 0.3) is 5.91 Å². The smallest absolute Gasteiger partial charge is 0.335 e. The molecule has 1 fully saturated rings. The van der Waals surface area contributed by atoms with Gasteiger partial charge in [0.2, 0.25) is 0 Å². The van der Waals surface area contributed by atoms with Gasteiger partial charge in [-0.05, 0) is 48.7 Å². The number of amides is 1. The van der Waals surface area contributed by atoms with Crippen molar-refractivity contribution in [2.45, 2.75) is 18.8 Å². The Hall–Kier alpha value is -2.69. The van der Waals surface area contributed by atoms with Crippen LogP contribution in [0.5, 0.6) is 0 Å². The van der Waals surface area contributed by atoms with E-state index in [0.717, 1.165) is 18.4 Å². The van der Waals surface area contributed by atoms with Crippen LogP contribution in [-0.4, -0.2) is 35.0 Å². The number of hydrogen-bond donors (Lipinski definition) is 1. The molecule has 0 spiro atoms. The number of piperidine rings is 1. The van der Waals surface area contributed by atoms with Gasteiger partial charge in [-0.15, -0.1) is 0 Å². The van der Waals surface area contributed by atoms with Gasteiger partial charge in [0.05, 0.1) is 5.56 Å². The number of rotatable bonds is 3. The van der Waals surface area contributed by atoms with Crippen molar-refractivity contribution in [3.8, 4) is 0 Å². The molecule has 24 heavy (non-hydrogen) atoms. The lowest BCUT2D eigenvalue weighted by molar-refractivity contribution is 0.0687.